The number of thiazole rings is 1. The maximum Gasteiger partial charge on any atom is 0.123 e. The van der Waals surface area contributed by atoms with Gasteiger partial charge in [-0.25, -0.2) is 9.97 Å². The number of nitrogens with one attached hydrogen (secondary N) is 1. The van der Waals surface area contributed by atoms with Crippen LogP contribution >= 0.6 is 11.3 Å². The Labute approximate surface area is 110 Å². The molecule has 2 rings (SSSR count). The van der Waals surface area contributed by atoms with E-state index in [1.165, 1.54) is 0 Å². The molecule has 2 aromatic rings. The lowest BCUT2D eigenvalue weighted by Gasteiger charge is -2.14. The van der Waals surface area contributed by atoms with E-state index in [1.807, 2.05) is 24.4 Å². The van der Waals surface area contributed by atoms with Crippen molar-refractivity contribution in [3.05, 3.63) is 40.0 Å². The third kappa shape index (κ3) is 3.49. The Bertz CT molecular complexity index is 511. The third-order valence-electron chi connectivity index (χ3n) is 2.65. The Morgan fingerprint density at radius 3 is 2.89 bits per heavy atom. The molecule has 1 unspecified atom stereocenters. The number of rotatable bonds is 5. The highest BCUT2D eigenvalue weighted by Gasteiger charge is 2.11. The van der Waals surface area contributed by atoms with Crippen LogP contribution in [0.15, 0.2) is 23.7 Å². The average Bonchev–Trinajstić information content (AvgIpc) is 2.74. The van der Waals surface area contributed by atoms with Crippen molar-refractivity contribution in [1.82, 2.24) is 15.4 Å². The van der Waals surface area contributed by atoms with Crippen LogP contribution in [0.3, 0.4) is 0 Å². The second-order valence-electron chi connectivity index (χ2n) is 4.24. The third-order valence-corrected chi connectivity index (χ3v) is 3.64. The number of aryl methyl sites for hydroxylation is 1. The fraction of sp³-hybridized carbons (Fsp3) is 0.333. The van der Waals surface area contributed by atoms with Gasteiger partial charge >= 0.3 is 0 Å². The Morgan fingerprint density at radius 1 is 1.44 bits per heavy atom. The standard InChI is InChI=1S/C12H17N5S/c1-8-7-18-12(16-8)6-10(17-14)4-9-2-3-15-11(13)5-9/h2-3,5,7,10,17H,4,6,14H2,1H3,(H2,13,15). The summed E-state index contributed by atoms with van der Waals surface area (Å²) in [5.74, 6) is 6.13. The molecule has 0 aliphatic heterocycles. The first kappa shape index (κ1) is 12.9. The van der Waals surface area contributed by atoms with E-state index >= 15 is 0 Å². The number of hydrogen-bond acceptors (Lipinski definition) is 6. The maximum atomic E-state index is 5.66. The highest BCUT2D eigenvalue weighted by molar-refractivity contribution is 7.09. The maximum absolute atomic E-state index is 5.66. The molecule has 0 aromatic carbocycles. The van der Waals surface area contributed by atoms with Crippen molar-refractivity contribution in [2.75, 3.05) is 5.73 Å². The lowest BCUT2D eigenvalue weighted by Crippen LogP contribution is -2.38. The molecule has 1 atom stereocenters. The molecule has 2 heterocycles. The molecule has 5 N–H and O–H groups in total. The minimum absolute atomic E-state index is 0.150. The zero-order valence-electron chi connectivity index (χ0n) is 10.3. The highest BCUT2D eigenvalue weighted by Crippen LogP contribution is 2.13. The molecule has 0 radical (unpaired) electrons. The van der Waals surface area contributed by atoms with E-state index in [2.05, 4.69) is 15.4 Å². The Balaban J connectivity index is 2.01. The van der Waals surface area contributed by atoms with Crippen LogP contribution in [0.25, 0.3) is 0 Å². The summed E-state index contributed by atoms with van der Waals surface area (Å²) >= 11 is 1.66. The topological polar surface area (TPSA) is 89.8 Å². The molecule has 0 aliphatic carbocycles. The predicted molar refractivity (Wildman–Crippen MR) is 74.0 cm³/mol. The summed E-state index contributed by atoms with van der Waals surface area (Å²) in [6.45, 7) is 1.99. The summed E-state index contributed by atoms with van der Waals surface area (Å²) in [5.41, 5.74) is 10.7. The fourth-order valence-electron chi connectivity index (χ4n) is 1.80. The average molecular weight is 263 g/mol. The molecule has 96 valence electrons. The number of anilines is 1. The number of nitrogen functional groups attached to an aromatic ring is 1. The monoisotopic (exact) mass is 263 g/mol. The summed E-state index contributed by atoms with van der Waals surface area (Å²) in [6.07, 6.45) is 3.34. The van der Waals surface area contributed by atoms with E-state index in [0.717, 1.165) is 29.1 Å². The van der Waals surface area contributed by atoms with Crippen LogP contribution in [0.5, 0.6) is 0 Å². The molecule has 0 bridgehead atoms. The van der Waals surface area contributed by atoms with E-state index < -0.39 is 0 Å². The SMILES string of the molecule is Cc1csc(CC(Cc2ccnc(N)c2)NN)n1. The quantitative estimate of drug-likeness (QED) is 0.554. The lowest BCUT2D eigenvalue weighted by atomic mass is 10.1. The lowest BCUT2D eigenvalue weighted by molar-refractivity contribution is 0.521. The number of aromatic nitrogens is 2. The molecular formula is C12H17N5S. The van der Waals surface area contributed by atoms with Gasteiger partial charge in [-0.1, -0.05) is 0 Å². The van der Waals surface area contributed by atoms with Crippen LogP contribution in [0.4, 0.5) is 5.82 Å². The molecule has 2 aromatic heterocycles. The Hall–Kier alpha value is -1.50. The first-order chi connectivity index (χ1) is 8.67. The zero-order chi connectivity index (χ0) is 13.0. The molecule has 5 nitrogen and oxygen atoms in total. The number of nitrogens with two attached hydrogens (primary N) is 2. The van der Waals surface area contributed by atoms with Crippen molar-refractivity contribution < 1.29 is 0 Å². The van der Waals surface area contributed by atoms with Crippen LogP contribution in [0.2, 0.25) is 0 Å². The van der Waals surface area contributed by atoms with Gasteiger partial charge in [-0.15, -0.1) is 11.3 Å². The van der Waals surface area contributed by atoms with Crippen molar-refractivity contribution in [3.63, 3.8) is 0 Å². The Kier molecular flexibility index (Phi) is 4.24. The second kappa shape index (κ2) is 5.90. The van der Waals surface area contributed by atoms with Gasteiger partial charge in [-0.2, -0.15) is 0 Å². The summed E-state index contributed by atoms with van der Waals surface area (Å²) in [5, 5.41) is 3.14. The highest BCUT2D eigenvalue weighted by atomic mass is 32.1. The van der Waals surface area contributed by atoms with Crippen molar-refractivity contribution in [1.29, 1.82) is 0 Å². The van der Waals surface area contributed by atoms with Gasteiger partial charge in [0.1, 0.15) is 5.82 Å². The number of hydrazine groups is 1. The van der Waals surface area contributed by atoms with Crippen molar-refractivity contribution in [3.8, 4) is 0 Å². The molecule has 0 spiro atoms. The van der Waals surface area contributed by atoms with Gasteiger partial charge < -0.3 is 5.73 Å². The van der Waals surface area contributed by atoms with Crippen LogP contribution in [-0.4, -0.2) is 16.0 Å². The van der Waals surface area contributed by atoms with E-state index in [0.29, 0.717) is 5.82 Å². The van der Waals surface area contributed by atoms with E-state index in [9.17, 15) is 0 Å². The molecule has 0 saturated heterocycles. The van der Waals surface area contributed by atoms with Gasteiger partial charge in [0.15, 0.2) is 0 Å². The smallest absolute Gasteiger partial charge is 0.123 e. The Morgan fingerprint density at radius 2 is 2.28 bits per heavy atom. The fourth-order valence-corrected chi connectivity index (χ4v) is 2.66. The van der Waals surface area contributed by atoms with E-state index in [-0.39, 0.29) is 6.04 Å². The van der Waals surface area contributed by atoms with Gasteiger partial charge in [0, 0.05) is 29.7 Å². The van der Waals surface area contributed by atoms with Crippen LogP contribution < -0.4 is 17.0 Å². The van der Waals surface area contributed by atoms with Crippen LogP contribution in [-0.2, 0) is 12.8 Å². The molecule has 18 heavy (non-hydrogen) atoms. The number of nitrogens with zero attached hydrogens (tertiary/aromatic N) is 2. The molecule has 0 fully saturated rings. The second-order valence-corrected chi connectivity index (χ2v) is 5.19. The van der Waals surface area contributed by atoms with E-state index in [1.54, 1.807) is 17.5 Å². The van der Waals surface area contributed by atoms with Gasteiger partial charge in [0.25, 0.3) is 0 Å². The summed E-state index contributed by atoms with van der Waals surface area (Å²) < 4.78 is 0. The van der Waals surface area contributed by atoms with Crippen LogP contribution in [0.1, 0.15) is 16.3 Å². The van der Waals surface area contributed by atoms with Gasteiger partial charge in [0.2, 0.25) is 0 Å². The van der Waals surface area contributed by atoms with Gasteiger partial charge in [-0.05, 0) is 31.0 Å². The van der Waals surface area contributed by atoms with Crippen molar-refractivity contribution >= 4 is 17.2 Å². The van der Waals surface area contributed by atoms with Crippen molar-refractivity contribution in [2.24, 2.45) is 5.84 Å². The molecule has 0 aliphatic rings. The number of pyridine rings is 1. The van der Waals surface area contributed by atoms with E-state index in [4.69, 9.17) is 11.6 Å². The summed E-state index contributed by atoms with van der Waals surface area (Å²) in [7, 11) is 0. The minimum atomic E-state index is 0.150. The van der Waals surface area contributed by atoms with Crippen molar-refractivity contribution in [2.45, 2.75) is 25.8 Å². The first-order valence-electron chi connectivity index (χ1n) is 5.75. The molecular weight excluding hydrogens is 246 g/mol. The molecule has 0 amide bonds. The van der Waals surface area contributed by atoms with Gasteiger partial charge in [-0.3, -0.25) is 11.3 Å². The van der Waals surface area contributed by atoms with Gasteiger partial charge in [0.05, 0.1) is 5.01 Å². The normalized spacial score (nSPS) is 12.6. The first-order valence-corrected chi connectivity index (χ1v) is 6.63. The number of hydrogen-bond donors (Lipinski definition) is 3. The zero-order valence-corrected chi connectivity index (χ0v) is 11.1. The summed E-state index contributed by atoms with van der Waals surface area (Å²) in [4.78, 5) is 8.42. The predicted octanol–water partition coefficient (Wildman–Crippen LogP) is 1.05. The largest absolute Gasteiger partial charge is 0.384 e. The molecule has 0 saturated carbocycles. The molecule has 6 heteroatoms. The van der Waals surface area contributed by atoms with Crippen LogP contribution in [0, 0.1) is 6.92 Å². The summed E-state index contributed by atoms with van der Waals surface area (Å²) in [6, 6.07) is 3.97. The minimum Gasteiger partial charge on any atom is -0.384 e.